The van der Waals surface area contributed by atoms with E-state index in [1.807, 2.05) is 6.07 Å². The zero-order valence-corrected chi connectivity index (χ0v) is 15.4. The van der Waals surface area contributed by atoms with Gasteiger partial charge in [0.25, 0.3) is 11.8 Å². The molecule has 0 atom stereocenters. The molecule has 0 aromatic heterocycles. The van der Waals surface area contributed by atoms with E-state index in [0.717, 1.165) is 0 Å². The molecule has 144 valence electrons. The number of nitriles is 1. The minimum atomic E-state index is -0.618. The molecular formula is C20H19N3O5. The van der Waals surface area contributed by atoms with Gasteiger partial charge in [-0.1, -0.05) is 6.07 Å². The van der Waals surface area contributed by atoms with Crippen LogP contribution in [0.2, 0.25) is 0 Å². The molecule has 0 heterocycles. The first-order valence-electron chi connectivity index (χ1n) is 8.13. The maximum absolute atomic E-state index is 12.4. The second-order valence-electron chi connectivity index (χ2n) is 5.52. The Bertz CT molecular complexity index is 930. The fourth-order valence-electron chi connectivity index (χ4n) is 2.23. The van der Waals surface area contributed by atoms with Gasteiger partial charge in [0.1, 0.15) is 17.4 Å². The molecule has 0 saturated heterocycles. The number of amides is 2. The van der Waals surface area contributed by atoms with Crippen molar-refractivity contribution in [3.05, 3.63) is 53.6 Å². The Balaban J connectivity index is 2.18. The average Bonchev–Trinajstić information content (AvgIpc) is 2.71. The van der Waals surface area contributed by atoms with Crippen LogP contribution < -0.4 is 25.3 Å². The van der Waals surface area contributed by atoms with Gasteiger partial charge in [-0.05, 0) is 48.0 Å². The molecule has 0 fully saturated rings. The second-order valence-corrected chi connectivity index (χ2v) is 5.52. The summed E-state index contributed by atoms with van der Waals surface area (Å²) >= 11 is 0. The summed E-state index contributed by atoms with van der Waals surface area (Å²) in [4.78, 5) is 23.2. The summed E-state index contributed by atoms with van der Waals surface area (Å²) in [5, 5.41) is 12.0. The van der Waals surface area contributed by atoms with Gasteiger partial charge in [0.05, 0.1) is 14.2 Å². The molecule has 0 unspecified atom stereocenters. The molecule has 0 aliphatic heterocycles. The van der Waals surface area contributed by atoms with Crippen LogP contribution >= 0.6 is 0 Å². The highest BCUT2D eigenvalue weighted by Crippen LogP contribution is 2.29. The van der Waals surface area contributed by atoms with Crippen molar-refractivity contribution in [1.82, 2.24) is 0 Å². The van der Waals surface area contributed by atoms with Crippen LogP contribution in [0.1, 0.15) is 5.56 Å². The number of nitrogens with zero attached hydrogens (tertiary/aromatic N) is 1. The first-order valence-corrected chi connectivity index (χ1v) is 8.13. The summed E-state index contributed by atoms with van der Waals surface area (Å²) in [7, 11) is 2.98. The lowest BCUT2D eigenvalue weighted by Crippen LogP contribution is -2.20. The zero-order valence-electron chi connectivity index (χ0n) is 15.4. The summed E-state index contributed by atoms with van der Waals surface area (Å²) in [5.41, 5.74) is 6.04. The molecule has 2 aromatic rings. The SMILES string of the molecule is COc1ccc(NC(=O)/C(C#N)=C/c2ccc(OCC(N)=O)c(OC)c2)cc1. The lowest BCUT2D eigenvalue weighted by molar-refractivity contribution is -0.120. The van der Waals surface area contributed by atoms with Crippen LogP contribution in [0.5, 0.6) is 17.2 Å². The highest BCUT2D eigenvalue weighted by atomic mass is 16.5. The van der Waals surface area contributed by atoms with Gasteiger partial charge in [0.15, 0.2) is 18.1 Å². The largest absolute Gasteiger partial charge is 0.497 e. The summed E-state index contributed by atoms with van der Waals surface area (Å²) in [5.74, 6) is 0.135. The minimum Gasteiger partial charge on any atom is -0.497 e. The minimum absolute atomic E-state index is 0.0938. The third-order valence-electron chi connectivity index (χ3n) is 3.58. The summed E-state index contributed by atoms with van der Waals surface area (Å²) in [6.07, 6.45) is 1.42. The van der Waals surface area contributed by atoms with E-state index in [9.17, 15) is 14.9 Å². The predicted octanol–water partition coefficient (Wildman–Crippen LogP) is 2.11. The monoisotopic (exact) mass is 381 g/mol. The summed E-state index contributed by atoms with van der Waals surface area (Å²) < 4.78 is 15.5. The van der Waals surface area contributed by atoms with Crippen LogP contribution in [0, 0.1) is 11.3 Å². The molecule has 2 aromatic carbocycles. The molecule has 3 N–H and O–H groups in total. The Hall–Kier alpha value is -3.99. The summed E-state index contributed by atoms with van der Waals surface area (Å²) in [6.45, 7) is -0.292. The van der Waals surface area contributed by atoms with Gasteiger partial charge < -0.3 is 25.3 Å². The molecule has 2 rings (SSSR count). The summed E-state index contributed by atoms with van der Waals surface area (Å²) in [6, 6.07) is 13.4. The first-order chi connectivity index (χ1) is 13.5. The van der Waals surface area contributed by atoms with Crippen molar-refractivity contribution in [2.45, 2.75) is 0 Å². The molecule has 0 saturated carbocycles. The number of hydrogen-bond donors (Lipinski definition) is 2. The average molecular weight is 381 g/mol. The lowest BCUT2D eigenvalue weighted by atomic mass is 10.1. The van der Waals surface area contributed by atoms with Crippen LogP contribution in [-0.2, 0) is 9.59 Å². The third-order valence-corrected chi connectivity index (χ3v) is 3.58. The van der Waals surface area contributed by atoms with Crippen molar-refractivity contribution in [1.29, 1.82) is 5.26 Å². The van der Waals surface area contributed by atoms with E-state index < -0.39 is 11.8 Å². The van der Waals surface area contributed by atoms with E-state index in [0.29, 0.717) is 28.5 Å². The number of ether oxygens (including phenoxy) is 3. The number of anilines is 1. The van der Waals surface area contributed by atoms with E-state index in [1.54, 1.807) is 49.6 Å². The van der Waals surface area contributed by atoms with Gasteiger partial charge in [0.2, 0.25) is 0 Å². The van der Waals surface area contributed by atoms with Crippen LogP contribution in [0.4, 0.5) is 5.69 Å². The third kappa shape index (κ3) is 5.51. The Kier molecular flexibility index (Phi) is 6.99. The van der Waals surface area contributed by atoms with Crippen molar-refractivity contribution in [2.75, 3.05) is 26.1 Å². The van der Waals surface area contributed by atoms with Crippen molar-refractivity contribution in [2.24, 2.45) is 5.73 Å². The van der Waals surface area contributed by atoms with Crippen molar-refractivity contribution in [3.63, 3.8) is 0 Å². The topological polar surface area (TPSA) is 124 Å². The molecule has 0 aliphatic carbocycles. The molecule has 0 aliphatic rings. The first kappa shape index (κ1) is 20.3. The maximum Gasteiger partial charge on any atom is 0.266 e. The molecular weight excluding hydrogens is 362 g/mol. The molecule has 0 radical (unpaired) electrons. The van der Waals surface area contributed by atoms with Gasteiger partial charge >= 0.3 is 0 Å². The van der Waals surface area contributed by atoms with E-state index in [2.05, 4.69) is 5.32 Å². The number of rotatable bonds is 8. The van der Waals surface area contributed by atoms with Crippen LogP contribution in [-0.4, -0.2) is 32.6 Å². The molecule has 8 nitrogen and oxygen atoms in total. The highest BCUT2D eigenvalue weighted by Gasteiger charge is 2.12. The molecule has 0 spiro atoms. The van der Waals surface area contributed by atoms with Gasteiger partial charge in [-0.25, -0.2) is 0 Å². The van der Waals surface area contributed by atoms with Gasteiger partial charge in [-0.3, -0.25) is 9.59 Å². The standard InChI is InChI=1S/C20H19N3O5/c1-26-16-6-4-15(5-7-16)23-20(25)14(11-21)9-13-3-8-17(18(10-13)27-2)28-12-19(22)24/h3-10H,12H2,1-2H3,(H2,22,24)(H,23,25)/b14-9+. The predicted molar refractivity (Wildman–Crippen MR) is 103 cm³/mol. The Morgan fingerprint density at radius 3 is 2.39 bits per heavy atom. The van der Waals surface area contributed by atoms with E-state index >= 15 is 0 Å². The number of nitrogens with two attached hydrogens (primary N) is 1. The smallest absolute Gasteiger partial charge is 0.266 e. The van der Waals surface area contributed by atoms with Crippen LogP contribution in [0.15, 0.2) is 48.0 Å². The van der Waals surface area contributed by atoms with E-state index in [4.69, 9.17) is 19.9 Å². The quantitative estimate of drug-likeness (QED) is 0.533. The number of hydrogen-bond acceptors (Lipinski definition) is 6. The number of benzene rings is 2. The Morgan fingerprint density at radius 1 is 1.11 bits per heavy atom. The highest BCUT2D eigenvalue weighted by molar-refractivity contribution is 6.09. The zero-order chi connectivity index (χ0) is 20.5. The fraction of sp³-hybridized carbons (Fsp3) is 0.150. The van der Waals surface area contributed by atoms with Gasteiger partial charge in [-0.2, -0.15) is 5.26 Å². The van der Waals surface area contributed by atoms with Gasteiger partial charge in [-0.15, -0.1) is 0 Å². The number of carbonyl (C=O) groups excluding carboxylic acids is 2. The molecule has 2 amide bonds. The van der Waals surface area contributed by atoms with Crippen molar-refractivity contribution >= 4 is 23.6 Å². The molecule has 0 bridgehead atoms. The Morgan fingerprint density at radius 2 is 1.82 bits per heavy atom. The Labute approximate surface area is 162 Å². The second kappa shape index (κ2) is 9.64. The van der Waals surface area contributed by atoms with Crippen molar-refractivity contribution in [3.8, 4) is 23.3 Å². The number of primary amides is 1. The molecule has 8 heteroatoms. The van der Waals surface area contributed by atoms with E-state index in [1.165, 1.54) is 13.2 Å². The lowest BCUT2D eigenvalue weighted by Gasteiger charge is -2.10. The molecule has 28 heavy (non-hydrogen) atoms. The van der Waals surface area contributed by atoms with Crippen LogP contribution in [0.25, 0.3) is 6.08 Å². The number of carbonyl (C=O) groups is 2. The van der Waals surface area contributed by atoms with Crippen LogP contribution in [0.3, 0.4) is 0 Å². The fourth-order valence-corrected chi connectivity index (χ4v) is 2.23. The number of nitrogens with one attached hydrogen (secondary N) is 1. The van der Waals surface area contributed by atoms with E-state index in [-0.39, 0.29) is 12.2 Å². The number of methoxy groups -OCH3 is 2. The van der Waals surface area contributed by atoms with Gasteiger partial charge in [0, 0.05) is 5.69 Å². The van der Waals surface area contributed by atoms with Crippen molar-refractivity contribution < 1.29 is 23.8 Å². The normalized spacial score (nSPS) is 10.5. The maximum atomic E-state index is 12.4.